The highest BCUT2D eigenvalue weighted by Crippen LogP contribution is 2.40. The molecular formula is C17H16Cl2N2O3S. The zero-order valence-corrected chi connectivity index (χ0v) is 15.7. The molecule has 25 heavy (non-hydrogen) atoms. The van der Waals surface area contributed by atoms with Crippen LogP contribution in [0.2, 0.25) is 10.0 Å². The lowest BCUT2D eigenvalue weighted by molar-refractivity contribution is -0.384. The van der Waals surface area contributed by atoms with Gasteiger partial charge in [-0.3, -0.25) is 14.8 Å². The summed E-state index contributed by atoms with van der Waals surface area (Å²) in [5.74, 6) is 1.60. The molecule has 0 bridgehead atoms. The fourth-order valence-electron chi connectivity index (χ4n) is 2.23. The summed E-state index contributed by atoms with van der Waals surface area (Å²) < 4.78 is 9.10. The molecule has 2 aromatic rings. The highest BCUT2D eigenvalue weighted by atomic mass is 35.5. The predicted molar refractivity (Wildman–Crippen MR) is 101 cm³/mol. The van der Waals surface area contributed by atoms with Gasteiger partial charge in [0.05, 0.1) is 15.0 Å². The van der Waals surface area contributed by atoms with Crippen molar-refractivity contribution in [3.05, 3.63) is 56.1 Å². The number of nitrogens with one attached hydrogen (secondary N) is 1. The molecule has 0 atom stereocenters. The third-order valence-corrected chi connectivity index (χ3v) is 5.16. The number of hydrogen-bond donors (Lipinski definition) is 1. The Morgan fingerprint density at radius 3 is 2.52 bits per heavy atom. The van der Waals surface area contributed by atoms with Crippen LogP contribution in [0.25, 0.3) is 0 Å². The Hall–Kier alpha value is -1.47. The first-order valence-electron chi connectivity index (χ1n) is 7.75. The Labute approximate surface area is 159 Å². The molecule has 132 valence electrons. The second kappa shape index (κ2) is 7.83. The van der Waals surface area contributed by atoms with Crippen LogP contribution in [0.1, 0.15) is 18.4 Å². The number of nitro benzene ring substituents is 1. The Bertz CT molecular complexity index is 789. The zero-order valence-electron chi connectivity index (χ0n) is 13.4. The van der Waals surface area contributed by atoms with Crippen LogP contribution in [-0.2, 0) is 0 Å². The van der Waals surface area contributed by atoms with Crippen LogP contribution in [0.4, 0.5) is 5.69 Å². The molecule has 0 radical (unpaired) electrons. The molecule has 0 heterocycles. The number of benzene rings is 2. The van der Waals surface area contributed by atoms with E-state index in [2.05, 4.69) is 4.72 Å². The topological polar surface area (TPSA) is 64.4 Å². The maximum Gasteiger partial charge on any atom is 0.269 e. The molecule has 0 amide bonds. The molecular weight excluding hydrogens is 383 g/mol. The molecule has 0 saturated heterocycles. The number of non-ortho nitro benzene ring substituents is 1. The van der Waals surface area contributed by atoms with Crippen LogP contribution in [0, 0.1) is 23.0 Å². The molecule has 1 aliphatic rings. The molecule has 0 spiro atoms. The summed E-state index contributed by atoms with van der Waals surface area (Å²) in [6.45, 7) is 2.70. The average molecular weight is 399 g/mol. The van der Waals surface area contributed by atoms with Crippen molar-refractivity contribution in [3.63, 3.8) is 0 Å². The van der Waals surface area contributed by atoms with E-state index >= 15 is 0 Å². The van der Waals surface area contributed by atoms with Crippen molar-refractivity contribution in [2.24, 2.45) is 5.92 Å². The molecule has 1 N–H and O–H groups in total. The Kier molecular flexibility index (Phi) is 5.74. The quantitative estimate of drug-likeness (QED) is 0.351. The zero-order chi connectivity index (χ0) is 18.0. The minimum atomic E-state index is -0.447. The number of hydrogen-bond acceptors (Lipinski definition) is 5. The largest absolute Gasteiger partial charge is 0.454 e. The highest BCUT2D eigenvalue weighted by Gasteiger charge is 2.21. The maximum absolute atomic E-state index is 10.8. The average Bonchev–Trinajstić information content (AvgIpc) is 3.36. The first-order valence-corrected chi connectivity index (χ1v) is 9.33. The molecule has 8 heteroatoms. The predicted octanol–water partition coefficient (Wildman–Crippen LogP) is 6.01. The molecule has 0 aromatic heterocycles. The van der Waals surface area contributed by atoms with Gasteiger partial charge in [0.1, 0.15) is 5.75 Å². The Morgan fingerprint density at radius 2 is 1.96 bits per heavy atom. The summed E-state index contributed by atoms with van der Waals surface area (Å²) in [6, 6.07) is 7.95. The second-order valence-corrected chi connectivity index (χ2v) is 7.70. The van der Waals surface area contributed by atoms with Gasteiger partial charge >= 0.3 is 0 Å². The fourth-order valence-corrected chi connectivity index (χ4v) is 3.76. The van der Waals surface area contributed by atoms with Crippen molar-refractivity contribution in [2.45, 2.75) is 24.7 Å². The highest BCUT2D eigenvalue weighted by molar-refractivity contribution is 7.97. The van der Waals surface area contributed by atoms with Crippen molar-refractivity contribution >= 4 is 40.8 Å². The van der Waals surface area contributed by atoms with E-state index in [0.717, 1.165) is 17.4 Å². The number of aryl methyl sites for hydroxylation is 1. The molecule has 2 aromatic carbocycles. The number of ether oxygens (including phenoxy) is 1. The van der Waals surface area contributed by atoms with Crippen molar-refractivity contribution in [3.8, 4) is 11.5 Å². The van der Waals surface area contributed by atoms with E-state index in [1.54, 1.807) is 25.1 Å². The van der Waals surface area contributed by atoms with Gasteiger partial charge < -0.3 is 4.74 Å². The van der Waals surface area contributed by atoms with E-state index < -0.39 is 4.92 Å². The van der Waals surface area contributed by atoms with Crippen LogP contribution in [0.5, 0.6) is 11.5 Å². The van der Waals surface area contributed by atoms with Gasteiger partial charge in [0.25, 0.3) is 5.69 Å². The molecule has 0 aliphatic heterocycles. The summed E-state index contributed by atoms with van der Waals surface area (Å²) in [5, 5.41) is 11.6. The van der Waals surface area contributed by atoms with E-state index in [0.29, 0.717) is 27.1 Å². The molecule has 1 fully saturated rings. The van der Waals surface area contributed by atoms with Crippen molar-refractivity contribution < 1.29 is 9.66 Å². The van der Waals surface area contributed by atoms with E-state index in [1.165, 1.54) is 36.9 Å². The van der Waals surface area contributed by atoms with Gasteiger partial charge in [-0.05, 0) is 61.4 Å². The smallest absolute Gasteiger partial charge is 0.269 e. The van der Waals surface area contributed by atoms with Gasteiger partial charge in [-0.2, -0.15) is 0 Å². The minimum absolute atomic E-state index is 0.00975. The SMILES string of the molecule is Cc1cc([N+](=O)[O-])ccc1Oc1c(Cl)cc(SNCC2CC2)cc1Cl. The fraction of sp³-hybridized carbons (Fsp3) is 0.294. The summed E-state index contributed by atoms with van der Waals surface area (Å²) in [7, 11) is 0. The number of rotatable bonds is 7. The van der Waals surface area contributed by atoms with Gasteiger partial charge in [0.15, 0.2) is 5.75 Å². The number of halogens is 2. The van der Waals surface area contributed by atoms with Gasteiger partial charge in [-0.25, -0.2) is 0 Å². The maximum atomic E-state index is 10.8. The third kappa shape index (κ3) is 4.79. The van der Waals surface area contributed by atoms with Gasteiger partial charge in [-0.1, -0.05) is 23.2 Å². The number of nitro groups is 1. The molecule has 1 aliphatic carbocycles. The molecule has 3 rings (SSSR count). The van der Waals surface area contributed by atoms with Crippen LogP contribution in [0.3, 0.4) is 0 Å². The van der Waals surface area contributed by atoms with E-state index in [-0.39, 0.29) is 5.69 Å². The first-order chi connectivity index (χ1) is 11.9. The van der Waals surface area contributed by atoms with Gasteiger partial charge in [-0.15, -0.1) is 0 Å². The summed E-state index contributed by atoms with van der Waals surface area (Å²) in [5.41, 5.74) is 0.640. The van der Waals surface area contributed by atoms with Crippen molar-refractivity contribution in [1.82, 2.24) is 4.72 Å². The van der Waals surface area contributed by atoms with Crippen LogP contribution in [-0.4, -0.2) is 11.5 Å². The lowest BCUT2D eigenvalue weighted by Gasteiger charge is -2.13. The lowest BCUT2D eigenvalue weighted by Crippen LogP contribution is -2.06. The first kappa shape index (κ1) is 18.3. The minimum Gasteiger partial charge on any atom is -0.454 e. The van der Waals surface area contributed by atoms with Crippen LogP contribution in [0.15, 0.2) is 35.2 Å². The summed E-state index contributed by atoms with van der Waals surface area (Å²) in [4.78, 5) is 11.3. The van der Waals surface area contributed by atoms with E-state index in [1.807, 2.05) is 0 Å². The Morgan fingerprint density at radius 1 is 1.28 bits per heavy atom. The van der Waals surface area contributed by atoms with Crippen molar-refractivity contribution in [1.29, 1.82) is 0 Å². The molecule has 0 unspecified atom stereocenters. The molecule has 5 nitrogen and oxygen atoms in total. The third-order valence-electron chi connectivity index (χ3n) is 3.81. The van der Waals surface area contributed by atoms with E-state index in [4.69, 9.17) is 27.9 Å². The standard InChI is InChI=1S/C17H16Cl2N2O3S/c1-10-6-12(21(22)23)4-5-16(10)24-17-14(18)7-13(8-15(17)19)25-20-9-11-2-3-11/h4-8,11,20H,2-3,9H2,1H3. The second-order valence-electron chi connectivity index (χ2n) is 5.92. The Balaban J connectivity index is 1.74. The summed E-state index contributed by atoms with van der Waals surface area (Å²) >= 11 is 14.1. The normalized spacial score (nSPS) is 13.7. The number of nitrogens with zero attached hydrogens (tertiary/aromatic N) is 1. The lowest BCUT2D eigenvalue weighted by atomic mass is 10.2. The van der Waals surface area contributed by atoms with Crippen molar-refractivity contribution in [2.75, 3.05) is 6.54 Å². The van der Waals surface area contributed by atoms with Gasteiger partial charge in [0.2, 0.25) is 0 Å². The summed E-state index contributed by atoms with van der Waals surface area (Å²) in [6.07, 6.45) is 2.58. The van der Waals surface area contributed by atoms with E-state index in [9.17, 15) is 10.1 Å². The monoisotopic (exact) mass is 398 g/mol. The van der Waals surface area contributed by atoms with Crippen LogP contribution < -0.4 is 9.46 Å². The van der Waals surface area contributed by atoms with Gasteiger partial charge in [0, 0.05) is 23.6 Å². The van der Waals surface area contributed by atoms with Crippen LogP contribution >= 0.6 is 35.1 Å². The molecule has 1 saturated carbocycles.